The number of rotatable bonds is 3. The summed E-state index contributed by atoms with van der Waals surface area (Å²) in [6, 6.07) is 14.4. The van der Waals surface area contributed by atoms with Gasteiger partial charge in [-0.2, -0.15) is 0 Å². The van der Waals surface area contributed by atoms with Gasteiger partial charge in [0.1, 0.15) is 0 Å². The summed E-state index contributed by atoms with van der Waals surface area (Å²) in [6.45, 7) is 0. The molecule has 4 N–H and O–H groups in total. The third-order valence-corrected chi connectivity index (χ3v) is 2.85. The first-order valence-electron chi connectivity index (χ1n) is 6.26. The fourth-order valence-electron chi connectivity index (χ4n) is 1.74. The molecule has 0 aliphatic carbocycles. The van der Waals surface area contributed by atoms with E-state index < -0.39 is 0 Å². The monoisotopic (exact) mass is 270 g/mol. The average Bonchev–Trinajstić information content (AvgIpc) is 2.42. The number of nitrogens with one attached hydrogen (secondary N) is 2. The van der Waals surface area contributed by atoms with Crippen molar-refractivity contribution in [1.82, 2.24) is 0 Å². The molecule has 5 nitrogen and oxygen atoms in total. The summed E-state index contributed by atoms with van der Waals surface area (Å²) in [6.07, 6.45) is 0. The van der Waals surface area contributed by atoms with Crippen molar-refractivity contribution in [3.8, 4) is 0 Å². The highest BCUT2D eigenvalue weighted by molar-refractivity contribution is 6.01. The second-order valence-corrected chi connectivity index (χ2v) is 4.61. The Hall–Kier alpha value is -2.69. The molecule has 0 aromatic heterocycles. The van der Waals surface area contributed by atoms with Crippen LogP contribution in [0.3, 0.4) is 0 Å². The molecule has 0 atom stereocenters. The minimum Gasteiger partial charge on any atom is -0.397 e. The third-order valence-electron chi connectivity index (χ3n) is 2.85. The number of hydrogen-bond donors (Lipinski definition) is 3. The number of nitrogens with two attached hydrogens (primary N) is 1. The molecular formula is C15H18N4O. The SMILES string of the molecule is CN(C)c1ccc(NC(=O)Nc2ccccc2N)cc1. The molecule has 0 aliphatic heterocycles. The van der Waals surface area contributed by atoms with Gasteiger partial charge in [-0.15, -0.1) is 0 Å². The van der Waals surface area contributed by atoms with Gasteiger partial charge in [0.05, 0.1) is 11.4 Å². The molecule has 0 unspecified atom stereocenters. The largest absolute Gasteiger partial charge is 0.397 e. The molecule has 0 bridgehead atoms. The van der Waals surface area contributed by atoms with Gasteiger partial charge >= 0.3 is 6.03 Å². The van der Waals surface area contributed by atoms with E-state index in [-0.39, 0.29) is 6.03 Å². The van der Waals surface area contributed by atoms with E-state index in [4.69, 9.17) is 5.73 Å². The van der Waals surface area contributed by atoms with Crippen molar-refractivity contribution in [3.05, 3.63) is 48.5 Å². The topological polar surface area (TPSA) is 70.4 Å². The lowest BCUT2D eigenvalue weighted by atomic mass is 10.2. The molecule has 0 heterocycles. The first kappa shape index (κ1) is 13.7. The van der Waals surface area contributed by atoms with Crippen LogP contribution in [0.1, 0.15) is 0 Å². The number of anilines is 4. The van der Waals surface area contributed by atoms with Gasteiger partial charge in [0, 0.05) is 25.5 Å². The summed E-state index contributed by atoms with van der Waals surface area (Å²) < 4.78 is 0. The van der Waals surface area contributed by atoms with Gasteiger partial charge in [0.15, 0.2) is 0 Å². The Morgan fingerprint density at radius 2 is 1.65 bits per heavy atom. The number of urea groups is 1. The van der Waals surface area contributed by atoms with E-state index in [0.717, 1.165) is 11.4 Å². The predicted molar refractivity (Wildman–Crippen MR) is 84.3 cm³/mol. The molecular weight excluding hydrogens is 252 g/mol. The van der Waals surface area contributed by atoms with Crippen molar-refractivity contribution in [1.29, 1.82) is 0 Å². The minimum absolute atomic E-state index is 0.319. The van der Waals surface area contributed by atoms with Crippen molar-refractivity contribution in [3.63, 3.8) is 0 Å². The number of para-hydroxylation sites is 2. The van der Waals surface area contributed by atoms with Gasteiger partial charge in [-0.3, -0.25) is 0 Å². The van der Waals surface area contributed by atoms with Crippen LogP contribution in [0.15, 0.2) is 48.5 Å². The highest BCUT2D eigenvalue weighted by atomic mass is 16.2. The highest BCUT2D eigenvalue weighted by Gasteiger charge is 2.05. The Kier molecular flexibility index (Phi) is 4.10. The van der Waals surface area contributed by atoms with Crippen LogP contribution in [-0.2, 0) is 0 Å². The first-order chi connectivity index (χ1) is 9.56. The summed E-state index contributed by atoms with van der Waals surface area (Å²) in [5.74, 6) is 0. The second kappa shape index (κ2) is 5.97. The molecule has 20 heavy (non-hydrogen) atoms. The standard InChI is InChI=1S/C15H18N4O/c1-19(2)12-9-7-11(8-10-12)17-15(20)18-14-6-4-3-5-13(14)16/h3-10H,16H2,1-2H3,(H2,17,18,20). The van der Waals surface area contributed by atoms with Crippen LogP contribution in [-0.4, -0.2) is 20.1 Å². The summed E-state index contributed by atoms with van der Waals surface area (Å²) in [7, 11) is 3.93. The van der Waals surface area contributed by atoms with Gasteiger partial charge < -0.3 is 21.3 Å². The Bertz CT molecular complexity index is 593. The van der Waals surface area contributed by atoms with Gasteiger partial charge in [0.2, 0.25) is 0 Å². The molecule has 5 heteroatoms. The number of nitrogens with zero attached hydrogens (tertiary/aromatic N) is 1. The summed E-state index contributed by atoms with van der Waals surface area (Å²) >= 11 is 0. The zero-order valence-corrected chi connectivity index (χ0v) is 11.6. The summed E-state index contributed by atoms with van der Waals surface area (Å²) in [4.78, 5) is 13.9. The molecule has 0 aliphatic rings. The lowest BCUT2D eigenvalue weighted by Gasteiger charge is -2.13. The van der Waals surface area contributed by atoms with Crippen LogP contribution in [0.4, 0.5) is 27.5 Å². The van der Waals surface area contributed by atoms with E-state index in [9.17, 15) is 4.79 Å². The zero-order chi connectivity index (χ0) is 14.5. The number of amides is 2. The van der Waals surface area contributed by atoms with E-state index in [0.29, 0.717) is 11.4 Å². The molecule has 0 spiro atoms. The van der Waals surface area contributed by atoms with Crippen LogP contribution >= 0.6 is 0 Å². The van der Waals surface area contributed by atoms with E-state index >= 15 is 0 Å². The third kappa shape index (κ3) is 3.41. The zero-order valence-electron chi connectivity index (χ0n) is 11.6. The smallest absolute Gasteiger partial charge is 0.323 e. The maximum absolute atomic E-state index is 11.9. The lowest BCUT2D eigenvalue weighted by molar-refractivity contribution is 0.262. The molecule has 0 saturated heterocycles. The molecule has 0 saturated carbocycles. The van der Waals surface area contributed by atoms with Gasteiger partial charge in [-0.25, -0.2) is 4.79 Å². The quantitative estimate of drug-likeness (QED) is 0.751. The molecule has 2 aromatic carbocycles. The van der Waals surface area contributed by atoms with Crippen molar-refractivity contribution >= 4 is 28.8 Å². The Labute approximate surface area is 118 Å². The van der Waals surface area contributed by atoms with Gasteiger partial charge in [0.25, 0.3) is 0 Å². The average molecular weight is 270 g/mol. The number of carbonyl (C=O) groups is 1. The Balaban J connectivity index is 1.99. The minimum atomic E-state index is -0.319. The first-order valence-corrected chi connectivity index (χ1v) is 6.26. The summed E-state index contributed by atoms with van der Waals surface area (Å²) in [5.41, 5.74) is 8.69. The highest BCUT2D eigenvalue weighted by Crippen LogP contribution is 2.18. The van der Waals surface area contributed by atoms with Crippen molar-refractivity contribution < 1.29 is 4.79 Å². The normalized spacial score (nSPS) is 9.90. The molecule has 0 radical (unpaired) electrons. The number of benzene rings is 2. The van der Waals surface area contributed by atoms with E-state index in [1.54, 1.807) is 12.1 Å². The van der Waals surface area contributed by atoms with Gasteiger partial charge in [-0.05, 0) is 36.4 Å². The van der Waals surface area contributed by atoms with E-state index in [2.05, 4.69) is 10.6 Å². The Morgan fingerprint density at radius 1 is 1.00 bits per heavy atom. The van der Waals surface area contributed by atoms with Crippen molar-refractivity contribution in [2.45, 2.75) is 0 Å². The Morgan fingerprint density at radius 3 is 2.25 bits per heavy atom. The molecule has 0 fully saturated rings. The van der Waals surface area contributed by atoms with Crippen LogP contribution in [0.2, 0.25) is 0 Å². The fraction of sp³-hybridized carbons (Fsp3) is 0.133. The van der Waals surface area contributed by atoms with Crippen LogP contribution in [0.25, 0.3) is 0 Å². The van der Waals surface area contributed by atoms with Gasteiger partial charge in [-0.1, -0.05) is 12.1 Å². The van der Waals surface area contributed by atoms with Crippen LogP contribution in [0.5, 0.6) is 0 Å². The van der Waals surface area contributed by atoms with Crippen LogP contribution in [0, 0.1) is 0 Å². The number of hydrogen-bond acceptors (Lipinski definition) is 3. The lowest BCUT2D eigenvalue weighted by Crippen LogP contribution is -2.20. The molecule has 2 amide bonds. The van der Waals surface area contributed by atoms with E-state index in [1.807, 2.05) is 55.4 Å². The van der Waals surface area contributed by atoms with Crippen molar-refractivity contribution in [2.24, 2.45) is 0 Å². The maximum atomic E-state index is 11.9. The predicted octanol–water partition coefficient (Wildman–Crippen LogP) is 2.98. The van der Waals surface area contributed by atoms with E-state index in [1.165, 1.54) is 0 Å². The molecule has 2 aromatic rings. The number of carbonyl (C=O) groups excluding carboxylic acids is 1. The van der Waals surface area contributed by atoms with Crippen molar-refractivity contribution in [2.75, 3.05) is 35.4 Å². The molecule has 104 valence electrons. The fourth-order valence-corrected chi connectivity index (χ4v) is 1.74. The second-order valence-electron chi connectivity index (χ2n) is 4.61. The molecule has 2 rings (SSSR count). The summed E-state index contributed by atoms with van der Waals surface area (Å²) in [5, 5.41) is 5.47. The van der Waals surface area contributed by atoms with Crippen LogP contribution < -0.4 is 21.3 Å². The number of nitrogen functional groups attached to an aromatic ring is 1. The maximum Gasteiger partial charge on any atom is 0.323 e.